The molecule has 1 N–H and O–H groups in total. The quantitative estimate of drug-likeness (QED) is 0.191. The Kier molecular flexibility index (Phi) is 11.0. The van der Waals surface area contributed by atoms with Gasteiger partial charge in [-0.3, -0.25) is 13.9 Å². The highest BCUT2D eigenvalue weighted by Crippen LogP contribution is 2.27. The van der Waals surface area contributed by atoms with Crippen LogP contribution in [0.3, 0.4) is 0 Å². The van der Waals surface area contributed by atoms with Gasteiger partial charge in [0, 0.05) is 29.6 Å². The van der Waals surface area contributed by atoms with Gasteiger partial charge in [-0.15, -0.1) is 0 Å². The van der Waals surface area contributed by atoms with E-state index in [9.17, 15) is 22.4 Å². The molecule has 2 amide bonds. The first-order chi connectivity index (χ1) is 21.0. The standard InChI is InChI=1S/C33H32Cl2FN3O4S/c1-3-37-33(41)31(19-24-7-5-4-6-8-24)38(21-25-11-12-26(34)20-30(25)35)32(40)22-39(28-15-13-27(36)14-16-28)44(42,43)29-17-9-23(2)10-18-29/h4-18,20,31H,3,19,21-22H2,1-2H3,(H,37,41). The summed E-state index contributed by atoms with van der Waals surface area (Å²) in [6.07, 6.45) is 0.158. The van der Waals surface area contributed by atoms with Crippen molar-refractivity contribution in [3.05, 3.63) is 130 Å². The number of halogens is 3. The molecule has 0 bridgehead atoms. The van der Waals surface area contributed by atoms with Gasteiger partial charge in [-0.25, -0.2) is 12.8 Å². The Balaban J connectivity index is 1.81. The van der Waals surface area contributed by atoms with Crippen molar-refractivity contribution in [2.24, 2.45) is 0 Å². The first-order valence-corrected chi connectivity index (χ1v) is 16.1. The minimum Gasteiger partial charge on any atom is -0.355 e. The zero-order valence-corrected chi connectivity index (χ0v) is 26.5. The maximum absolute atomic E-state index is 14.3. The number of carbonyl (C=O) groups is 2. The number of sulfonamides is 1. The molecule has 4 rings (SSSR count). The van der Waals surface area contributed by atoms with E-state index >= 15 is 0 Å². The second kappa shape index (κ2) is 14.7. The summed E-state index contributed by atoms with van der Waals surface area (Å²) < 4.78 is 42.8. The molecule has 4 aromatic carbocycles. The van der Waals surface area contributed by atoms with E-state index in [0.29, 0.717) is 17.1 Å². The number of nitrogens with zero attached hydrogens (tertiary/aromatic N) is 2. The van der Waals surface area contributed by atoms with Crippen LogP contribution in [0, 0.1) is 12.7 Å². The number of hydrogen-bond acceptors (Lipinski definition) is 4. The van der Waals surface area contributed by atoms with Crippen LogP contribution < -0.4 is 9.62 Å². The lowest BCUT2D eigenvalue weighted by Crippen LogP contribution is -2.53. The van der Waals surface area contributed by atoms with Gasteiger partial charge in [0.05, 0.1) is 10.6 Å². The molecule has 0 aliphatic heterocycles. The lowest BCUT2D eigenvalue weighted by atomic mass is 10.0. The topological polar surface area (TPSA) is 86.8 Å². The third-order valence-electron chi connectivity index (χ3n) is 6.98. The van der Waals surface area contributed by atoms with Crippen LogP contribution in [-0.2, 0) is 32.6 Å². The van der Waals surface area contributed by atoms with Crippen LogP contribution in [0.25, 0.3) is 0 Å². The van der Waals surface area contributed by atoms with Crippen molar-refractivity contribution in [1.82, 2.24) is 10.2 Å². The maximum atomic E-state index is 14.3. The number of carbonyl (C=O) groups excluding carboxylic acids is 2. The summed E-state index contributed by atoms with van der Waals surface area (Å²) in [5, 5.41) is 3.48. The number of hydrogen-bond donors (Lipinski definition) is 1. The lowest BCUT2D eigenvalue weighted by molar-refractivity contribution is -0.140. The molecule has 11 heteroatoms. The van der Waals surface area contributed by atoms with Crippen molar-refractivity contribution < 1.29 is 22.4 Å². The van der Waals surface area contributed by atoms with Crippen LogP contribution >= 0.6 is 23.2 Å². The normalized spacial score (nSPS) is 11.9. The van der Waals surface area contributed by atoms with E-state index in [0.717, 1.165) is 27.6 Å². The Morgan fingerprint density at radius 2 is 1.57 bits per heavy atom. The summed E-state index contributed by atoms with van der Waals surface area (Å²) in [5.41, 5.74) is 2.25. The molecule has 7 nitrogen and oxygen atoms in total. The largest absolute Gasteiger partial charge is 0.355 e. The molecule has 44 heavy (non-hydrogen) atoms. The average molecular weight is 657 g/mol. The van der Waals surface area contributed by atoms with Crippen molar-refractivity contribution in [2.45, 2.75) is 37.8 Å². The molecule has 0 radical (unpaired) electrons. The fraction of sp³-hybridized carbons (Fsp3) is 0.212. The van der Waals surface area contributed by atoms with Gasteiger partial charge < -0.3 is 10.2 Å². The molecule has 0 aromatic heterocycles. The maximum Gasteiger partial charge on any atom is 0.264 e. The summed E-state index contributed by atoms with van der Waals surface area (Å²) in [5.74, 6) is -1.64. The van der Waals surface area contributed by atoms with Gasteiger partial charge in [0.2, 0.25) is 11.8 Å². The molecule has 1 atom stereocenters. The monoisotopic (exact) mass is 655 g/mol. The molecule has 0 heterocycles. The second-order valence-electron chi connectivity index (χ2n) is 10.2. The molecular weight excluding hydrogens is 624 g/mol. The minimum atomic E-state index is -4.29. The predicted octanol–water partition coefficient (Wildman–Crippen LogP) is 6.41. The van der Waals surface area contributed by atoms with Crippen LogP contribution in [0.2, 0.25) is 10.0 Å². The zero-order chi connectivity index (χ0) is 31.9. The number of benzene rings is 4. The van der Waals surface area contributed by atoms with Crippen LogP contribution in [0.15, 0.2) is 102 Å². The highest BCUT2D eigenvalue weighted by molar-refractivity contribution is 7.92. The number of anilines is 1. The number of nitrogens with one attached hydrogen (secondary N) is 1. The molecule has 0 spiro atoms. The van der Waals surface area contributed by atoms with E-state index in [2.05, 4.69) is 5.32 Å². The fourth-order valence-corrected chi connectivity index (χ4v) is 6.54. The Bertz CT molecular complexity index is 1700. The van der Waals surface area contributed by atoms with Gasteiger partial charge in [-0.2, -0.15) is 0 Å². The average Bonchev–Trinajstić information content (AvgIpc) is 3.00. The van der Waals surface area contributed by atoms with E-state index in [-0.39, 0.29) is 28.6 Å². The second-order valence-corrected chi connectivity index (χ2v) is 12.9. The Morgan fingerprint density at radius 3 is 2.18 bits per heavy atom. The first kappa shape index (κ1) is 33.0. The van der Waals surface area contributed by atoms with Crippen LogP contribution in [0.5, 0.6) is 0 Å². The molecule has 0 fully saturated rings. The minimum absolute atomic E-state index is 0.0444. The molecule has 1 unspecified atom stereocenters. The highest BCUT2D eigenvalue weighted by atomic mass is 35.5. The van der Waals surface area contributed by atoms with Crippen LogP contribution in [-0.4, -0.2) is 44.3 Å². The third-order valence-corrected chi connectivity index (χ3v) is 9.36. The van der Waals surface area contributed by atoms with Gasteiger partial charge in [0.15, 0.2) is 0 Å². The molecule has 0 aliphatic rings. The predicted molar refractivity (Wildman–Crippen MR) is 172 cm³/mol. The summed E-state index contributed by atoms with van der Waals surface area (Å²) in [7, 11) is -4.29. The Hall–Kier alpha value is -3.92. The molecule has 0 saturated heterocycles. The van der Waals surface area contributed by atoms with Gasteiger partial charge in [-0.1, -0.05) is 77.3 Å². The van der Waals surface area contributed by atoms with Crippen molar-refractivity contribution in [2.75, 3.05) is 17.4 Å². The smallest absolute Gasteiger partial charge is 0.264 e. The highest BCUT2D eigenvalue weighted by Gasteiger charge is 2.34. The Morgan fingerprint density at radius 1 is 0.909 bits per heavy atom. The van der Waals surface area contributed by atoms with E-state index in [1.54, 1.807) is 31.2 Å². The summed E-state index contributed by atoms with van der Waals surface area (Å²) in [4.78, 5) is 29.2. The number of amides is 2. The van der Waals surface area contributed by atoms with E-state index < -0.39 is 40.2 Å². The fourth-order valence-electron chi connectivity index (χ4n) is 4.65. The zero-order valence-electron chi connectivity index (χ0n) is 24.2. The van der Waals surface area contributed by atoms with Crippen LogP contribution in [0.4, 0.5) is 10.1 Å². The molecule has 230 valence electrons. The SMILES string of the molecule is CCNC(=O)C(Cc1ccccc1)N(Cc1ccc(Cl)cc1Cl)C(=O)CN(c1ccc(F)cc1)S(=O)(=O)c1ccc(C)cc1. The van der Waals surface area contributed by atoms with Gasteiger partial charge >= 0.3 is 0 Å². The van der Waals surface area contributed by atoms with E-state index in [4.69, 9.17) is 23.2 Å². The number of rotatable bonds is 12. The van der Waals surface area contributed by atoms with Gasteiger partial charge in [-0.05, 0) is 73.5 Å². The Labute approximate surface area is 267 Å². The molecule has 0 saturated carbocycles. The van der Waals surface area contributed by atoms with Gasteiger partial charge in [0.25, 0.3) is 10.0 Å². The summed E-state index contributed by atoms with van der Waals surface area (Å²) in [6.45, 7) is 3.14. The van der Waals surface area contributed by atoms with Crippen molar-refractivity contribution >= 4 is 50.7 Å². The van der Waals surface area contributed by atoms with Crippen molar-refractivity contribution in [3.8, 4) is 0 Å². The lowest BCUT2D eigenvalue weighted by Gasteiger charge is -2.34. The van der Waals surface area contributed by atoms with Crippen LogP contribution in [0.1, 0.15) is 23.6 Å². The van der Waals surface area contributed by atoms with E-state index in [1.165, 1.54) is 35.2 Å². The number of aryl methyl sites for hydroxylation is 1. The van der Waals surface area contributed by atoms with Gasteiger partial charge in [0.1, 0.15) is 18.4 Å². The van der Waals surface area contributed by atoms with Crippen molar-refractivity contribution in [3.63, 3.8) is 0 Å². The summed E-state index contributed by atoms with van der Waals surface area (Å²) >= 11 is 12.6. The van der Waals surface area contributed by atoms with Crippen molar-refractivity contribution in [1.29, 1.82) is 0 Å². The molecular formula is C33H32Cl2FN3O4S. The van der Waals surface area contributed by atoms with E-state index in [1.807, 2.05) is 37.3 Å². The first-order valence-electron chi connectivity index (χ1n) is 13.9. The molecule has 4 aromatic rings. The molecule has 0 aliphatic carbocycles. The number of likely N-dealkylation sites (N-methyl/N-ethyl adjacent to an activating group) is 1. The summed E-state index contributed by atoms with van der Waals surface area (Å²) in [6, 6.07) is 24.0. The third kappa shape index (κ3) is 8.16.